The summed E-state index contributed by atoms with van der Waals surface area (Å²) in [7, 11) is 0. The van der Waals surface area contributed by atoms with E-state index in [0.29, 0.717) is 32.1 Å². The van der Waals surface area contributed by atoms with Crippen LogP contribution in [-0.4, -0.2) is 80.9 Å². The van der Waals surface area contributed by atoms with Gasteiger partial charge >= 0.3 is 23.9 Å². The zero-order valence-electron chi connectivity index (χ0n) is 40.8. The maximum atomic E-state index is 13.1. The fourth-order valence-electron chi connectivity index (χ4n) is 7.24. The fourth-order valence-corrected chi connectivity index (χ4v) is 7.24. The molecule has 374 valence electrons. The summed E-state index contributed by atoms with van der Waals surface area (Å²) in [6, 6.07) is 1.90. The molecule has 4 aliphatic carbocycles. The van der Waals surface area contributed by atoms with Crippen molar-refractivity contribution in [1.29, 1.82) is 5.26 Å². The van der Waals surface area contributed by atoms with Gasteiger partial charge in [0.2, 0.25) is 5.82 Å². The van der Waals surface area contributed by atoms with Crippen molar-refractivity contribution >= 4 is 23.9 Å². The van der Waals surface area contributed by atoms with Crippen molar-refractivity contribution in [2.24, 2.45) is 28.1 Å². The highest BCUT2D eigenvalue weighted by Gasteiger charge is 2.64. The largest absolute Gasteiger partial charge is 0.481 e. The third-order valence-electron chi connectivity index (χ3n) is 12.7. The number of nitriles is 1. The Bertz CT molecular complexity index is 1730. The topological polar surface area (TPSA) is 201 Å². The minimum atomic E-state index is -2.11. The molecule has 1 aromatic carbocycles. The van der Waals surface area contributed by atoms with Gasteiger partial charge in [0.15, 0.2) is 23.3 Å². The van der Waals surface area contributed by atoms with Crippen LogP contribution in [0.25, 0.3) is 0 Å². The van der Waals surface area contributed by atoms with Gasteiger partial charge in [-0.1, -0.05) is 48.5 Å². The maximum Gasteiger partial charge on any atom is 0.312 e. The molecule has 0 amide bonds. The van der Waals surface area contributed by atoms with Gasteiger partial charge in [-0.05, 0) is 105 Å². The highest BCUT2D eigenvalue weighted by atomic mass is 19.2. The van der Waals surface area contributed by atoms with E-state index in [0.717, 1.165) is 38.5 Å². The van der Waals surface area contributed by atoms with Crippen LogP contribution in [-0.2, 0) is 33.4 Å². The zero-order chi connectivity index (χ0) is 50.9. The molecule has 65 heavy (non-hydrogen) atoms. The predicted molar refractivity (Wildman–Crippen MR) is 233 cm³/mol. The van der Waals surface area contributed by atoms with E-state index in [1.807, 2.05) is 68.4 Å². The van der Waals surface area contributed by atoms with Crippen molar-refractivity contribution in [3.05, 3.63) is 34.6 Å². The number of rotatable bonds is 15. The van der Waals surface area contributed by atoms with Gasteiger partial charge < -0.3 is 34.6 Å². The van der Waals surface area contributed by atoms with Gasteiger partial charge in [0.1, 0.15) is 18.8 Å². The number of carboxylic acids is 1. The molecule has 4 atom stereocenters. The Morgan fingerprint density at radius 1 is 0.692 bits per heavy atom. The van der Waals surface area contributed by atoms with Crippen LogP contribution in [0.4, 0.5) is 22.0 Å². The van der Waals surface area contributed by atoms with Crippen LogP contribution in [0.15, 0.2) is 0 Å². The monoisotopic (exact) mass is 938 g/mol. The number of esters is 3. The van der Waals surface area contributed by atoms with Gasteiger partial charge in [0.25, 0.3) is 0 Å². The average molecular weight is 938 g/mol. The second-order valence-corrected chi connectivity index (χ2v) is 19.6. The normalized spacial score (nSPS) is 22.6. The van der Waals surface area contributed by atoms with Crippen molar-refractivity contribution < 1.29 is 75.8 Å². The van der Waals surface area contributed by atoms with Crippen molar-refractivity contribution in [3.8, 4) is 6.07 Å². The smallest absolute Gasteiger partial charge is 0.312 e. The molecule has 5 rings (SSSR count). The number of hydrogen-bond donors (Lipinski definition) is 4. The summed E-state index contributed by atoms with van der Waals surface area (Å²) in [5.74, 6) is -11.2. The van der Waals surface area contributed by atoms with Gasteiger partial charge in [-0.3, -0.25) is 19.2 Å². The number of carbonyl (C=O) groups is 4. The van der Waals surface area contributed by atoms with Crippen LogP contribution < -0.4 is 0 Å². The molecule has 4 saturated carbocycles. The van der Waals surface area contributed by atoms with E-state index < -0.39 is 79.6 Å². The molecule has 0 heterocycles. The predicted octanol–water partition coefficient (Wildman–Crippen LogP) is 10.0. The van der Waals surface area contributed by atoms with E-state index in [1.165, 1.54) is 6.92 Å². The van der Waals surface area contributed by atoms with Crippen LogP contribution in [0.2, 0.25) is 0 Å². The number of carbonyl (C=O) groups excluding carboxylic acids is 3. The molecule has 0 aliphatic heterocycles. The summed E-state index contributed by atoms with van der Waals surface area (Å²) < 4.78 is 79.8. The van der Waals surface area contributed by atoms with Crippen LogP contribution in [0.3, 0.4) is 0 Å². The number of carboxylic acid groups (broad SMARTS) is 1. The summed E-state index contributed by atoms with van der Waals surface area (Å²) in [5, 5.41) is 46.3. The Morgan fingerprint density at radius 3 is 1.49 bits per heavy atom. The molecule has 1 aromatic rings. The Morgan fingerprint density at radius 2 is 1.14 bits per heavy atom. The Kier molecular flexibility index (Phi) is 24.3. The molecule has 4 N–H and O–H groups in total. The molecule has 4 bridgehead atoms. The van der Waals surface area contributed by atoms with Crippen molar-refractivity contribution in [3.63, 3.8) is 0 Å². The Hall–Kier alpha value is -3.88. The van der Waals surface area contributed by atoms with Gasteiger partial charge in [-0.2, -0.15) is 5.26 Å². The number of aliphatic hydroxyl groups is 3. The van der Waals surface area contributed by atoms with E-state index >= 15 is 0 Å². The number of halogens is 5. The third-order valence-corrected chi connectivity index (χ3v) is 12.7. The first-order valence-corrected chi connectivity index (χ1v) is 22.5. The molecule has 0 radical (unpaired) electrons. The van der Waals surface area contributed by atoms with Crippen LogP contribution in [0.5, 0.6) is 0 Å². The molecule has 0 aromatic heterocycles. The van der Waals surface area contributed by atoms with Gasteiger partial charge in [-0.25, -0.2) is 22.0 Å². The minimum absolute atomic E-state index is 0.0475. The summed E-state index contributed by atoms with van der Waals surface area (Å²) >= 11 is 0. The van der Waals surface area contributed by atoms with Crippen molar-refractivity contribution in [1.82, 2.24) is 0 Å². The lowest BCUT2D eigenvalue weighted by Crippen LogP contribution is -2.67. The molecule has 12 nitrogen and oxygen atoms in total. The van der Waals surface area contributed by atoms with Crippen molar-refractivity contribution in [2.45, 2.75) is 190 Å². The van der Waals surface area contributed by atoms with E-state index in [9.17, 15) is 51.3 Å². The first kappa shape index (κ1) is 61.1. The number of nitrogens with zero attached hydrogens (tertiary/aromatic N) is 1. The highest BCUT2D eigenvalue weighted by molar-refractivity contribution is 5.76. The first-order chi connectivity index (χ1) is 29.8. The lowest BCUT2D eigenvalue weighted by Gasteiger charge is -2.62. The van der Waals surface area contributed by atoms with Gasteiger partial charge in [0, 0.05) is 24.8 Å². The van der Waals surface area contributed by atoms with E-state index in [1.54, 1.807) is 20.8 Å². The molecule has 17 heteroatoms. The molecular formula is C48H76F5NO11. The molecule has 4 unspecified atom stereocenters. The number of ether oxygens (including phenoxy) is 3. The Labute approximate surface area is 382 Å². The third kappa shape index (κ3) is 18.0. The molecule has 0 spiro atoms. The number of hydrogen-bond acceptors (Lipinski definition) is 11. The maximum absolute atomic E-state index is 13.1. The second-order valence-electron chi connectivity index (χ2n) is 19.6. The summed E-state index contributed by atoms with van der Waals surface area (Å²) in [5.41, 5.74) is -4.54. The first-order valence-electron chi connectivity index (χ1n) is 22.5. The van der Waals surface area contributed by atoms with E-state index in [-0.39, 0.29) is 56.0 Å². The summed E-state index contributed by atoms with van der Waals surface area (Å²) in [4.78, 5) is 44.7. The van der Waals surface area contributed by atoms with E-state index in [2.05, 4.69) is 0 Å². The minimum Gasteiger partial charge on any atom is -0.481 e. The summed E-state index contributed by atoms with van der Waals surface area (Å²) in [6.07, 6.45) is 7.20. The summed E-state index contributed by atoms with van der Waals surface area (Å²) in [6.45, 7) is 23.6. The molecule has 4 fully saturated rings. The highest BCUT2D eigenvalue weighted by Crippen LogP contribution is 2.60. The van der Waals surface area contributed by atoms with E-state index in [4.69, 9.17) is 29.7 Å². The molecule has 0 saturated heterocycles. The lowest BCUT2D eigenvalue weighted by molar-refractivity contribution is -0.264. The fraction of sp³-hybridized carbons (Fsp3) is 0.771. The van der Waals surface area contributed by atoms with Gasteiger partial charge in [-0.15, -0.1) is 0 Å². The second kappa shape index (κ2) is 25.9. The molecular weight excluding hydrogens is 862 g/mol. The standard InChI is InChI=1S/C16H26O4.C10H9F5.C8H13NO2.C8H16O3.C6H12O2/c1-4-13(2,3)12(17)20-16-7-11-5-14(18,9-16)8-15(19,6-11)10-16;1-3-4(2)5-6(11)8(13)10(15)9(14)7(5)12;1-3-7(2)8(10)11-6-4-5-9;1-4-8(2,3)7(10)11-6-5-9;1-4-6(2,3)5(7)8/h11,18-19H,4-10H2,1-3H3;4H,3H2,1-2H3;7H,3-4,6H2,1-2H3;9H,4-6H2,1-3H3;4H2,1-3H3,(H,7,8). The number of aliphatic hydroxyl groups excluding tert-OH is 1. The zero-order valence-corrected chi connectivity index (χ0v) is 40.8. The quantitative estimate of drug-likeness (QED) is 0.0324. The lowest BCUT2D eigenvalue weighted by atomic mass is 9.50. The van der Waals surface area contributed by atoms with Crippen molar-refractivity contribution in [2.75, 3.05) is 19.8 Å². The average Bonchev–Trinajstić information content (AvgIpc) is 3.23. The van der Waals surface area contributed by atoms with Gasteiger partial charge in [0.05, 0.1) is 52.5 Å². The Balaban J connectivity index is 0.000000821. The molecule has 4 aliphatic rings. The SMILES string of the molecule is CCC(C)(C)C(=O)O.CCC(C)(C)C(=O)OC12CC3CC(O)(CC(O)(C3)C1)C2.CCC(C)(C)C(=O)OCCO.CCC(C)C(=O)OCCC#N.CCC(C)c1c(F)c(F)c(F)c(F)c1F. The van der Waals surface area contributed by atoms with Crippen LogP contribution in [0.1, 0.15) is 179 Å². The number of aliphatic carboxylic acids is 1. The van der Waals surface area contributed by atoms with Crippen LogP contribution >= 0.6 is 0 Å². The number of benzene rings is 1. The van der Waals surface area contributed by atoms with Crippen LogP contribution in [0, 0.1) is 68.5 Å².